The van der Waals surface area contributed by atoms with Crippen LogP contribution in [0.25, 0.3) is 10.8 Å². The first-order valence-corrected chi connectivity index (χ1v) is 12.1. The number of carbonyl (C=O) groups is 2. The van der Waals surface area contributed by atoms with Gasteiger partial charge in [0.25, 0.3) is 0 Å². The summed E-state index contributed by atoms with van der Waals surface area (Å²) in [5.74, 6) is 0.952. The topological polar surface area (TPSA) is 58.6 Å². The fourth-order valence-electron chi connectivity index (χ4n) is 4.21. The zero-order valence-electron chi connectivity index (χ0n) is 20.7. The van der Waals surface area contributed by atoms with E-state index in [1.807, 2.05) is 49.4 Å². The molecule has 0 bridgehead atoms. The van der Waals surface area contributed by atoms with Gasteiger partial charge in [-0.1, -0.05) is 75.4 Å². The number of aryl methyl sites for hydroxylation is 1. The van der Waals surface area contributed by atoms with E-state index in [1.165, 1.54) is 10.8 Å². The SMILES string of the molecule is CC[C@H](C(=O)NCC(C)C)N(Cc1cccc(OC)c1)C(=O)CCc1cccc2ccccc12. The van der Waals surface area contributed by atoms with E-state index >= 15 is 0 Å². The summed E-state index contributed by atoms with van der Waals surface area (Å²) >= 11 is 0. The number of methoxy groups -OCH3 is 1. The number of benzene rings is 3. The second-order valence-electron chi connectivity index (χ2n) is 9.07. The molecule has 34 heavy (non-hydrogen) atoms. The average molecular weight is 461 g/mol. The van der Waals surface area contributed by atoms with E-state index in [-0.39, 0.29) is 11.8 Å². The maximum absolute atomic E-state index is 13.6. The lowest BCUT2D eigenvalue weighted by molar-refractivity contribution is -0.141. The molecule has 0 unspecified atom stereocenters. The molecule has 0 heterocycles. The summed E-state index contributed by atoms with van der Waals surface area (Å²) < 4.78 is 5.36. The highest BCUT2D eigenvalue weighted by molar-refractivity contribution is 5.89. The van der Waals surface area contributed by atoms with E-state index in [2.05, 4.69) is 43.4 Å². The molecular weight excluding hydrogens is 424 g/mol. The Labute approximate surface area is 203 Å². The van der Waals surface area contributed by atoms with Gasteiger partial charge in [-0.25, -0.2) is 0 Å². The predicted molar refractivity (Wildman–Crippen MR) is 138 cm³/mol. The fraction of sp³-hybridized carbons (Fsp3) is 0.379. The first kappa shape index (κ1) is 25.3. The van der Waals surface area contributed by atoms with Crippen LogP contribution in [0.15, 0.2) is 66.7 Å². The largest absolute Gasteiger partial charge is 0.497 e. The number of amides is 2. The minimum atomic E-state index is -0.523. The summed E-state index contributed by atoms with van der Waals surface area (Å²) in [6.07, 6.45) is 1.51. The lowest BCUT2D eigenvalue weighted by atomic mass is 10.00. The van der Waals surface area contributed by atoms with Crippen LogP contribution < -0.4 is 10.1 Å². The first-order valence-electron chi connectivity index (χ1n) is 12.1. The maximum Gasteiger partial charge on any atom is 0.242 e. The summed E-state index contributed by atoms with van der Waals surface area (Å²) in [6.45, 7) is 7.02. The molecule has 0 saturated heterocycles. The summed E-state index contributed by atoms with van der Waals surface area (Å²) in [4.78, 5) is 28.4. The van der Waals surface area contributed by atoms with Crippen LogP contribution in [-0.4, -0.2) is 36.4 Å². The van der Waals surface area contributed by atoms with Crippen LogP contribution in [-0.2, 0) is 22.6 Å². The summed E-state index contributed by atoms with van der Waals surface area (Å²) in [6, 6.07) is 21.6. The molecule has 3 aromatic carbocycles. The Morgan fingerprint density at radius 2 is 1.74 bits per heavy atom. The number of carbonyl (C=O) groups excluding carboxylic acids is 2. The van der Waals surface area contributed by atoms with Crippen LogP contribution in [0.4, 0.5) is 0 Å². The molecule has 1 N–H and O–H groups in total. The van der Waals surface area contributed by atoms with E-state index in [4.69, 9.17) is 4.74 Å². The second kappa shape index (κ2) is 12.2. The van der Waals surface area contributed by atoms with E-state index < -0.39 is 6.04 Å². The first-order chi connectivity index (χ1) is 16.4. The molecule has 3 aromatic rings. The molecule has 0 spiro atoms. The van der Waals surface area contributed by atoms with Crippen LogP contribution in [0.1, 0.15) is 44.7 Å². The van der Waals surface area contributed by atoms with E-state index in [1.54, 1.807) is 12.0 Å². The molecule has 180 valence electrons. The van der Waals surface area contributed by atoms with Gasteiger partial charge >= 0.3 is 0 Å². The fourth-order valence-corrected chi connectivity index (χ4v) is 4.21. The highest BCUT2D eigenvalue weighted by Crippen LogP contribution is 2.22. The molecule has 0 aliphatic heterocycles. The number of nitrogens with one attached hydrogen (secondary N) is 1. The van der Waals surface area contributed by atoms with Crippen LogP contribution >= 0.6 is 0 Å². The van der Waals surface area contributed by atoms with Crippen LogP contribution in [0.5, 0.6) is 5.75 Å². The van der Waals surface area contributed by atoms with Crippen molar-refractivity contribution < 1.29 is 14.3 Å². The molecule has 0 aromatic heterocycles. The molecular formula is C29H36N2O3. The third-order valence-electron chi connectivity index (χ3n) is 6.05. The Balaban J connectivity index is 1.83. The monoisotopic (exact) mass is 460 g/mol. The molecule has 1 atom stereocenters. The molecule has 5 heteroatoms. The predicted octanol–water partition coefficient (Wildman–Crippen LogP) is 5.36. The van der Waals surface area contributed by atoms with Gasteiger partial charge in [0.1, 0.15) is 11.8 Å². The molecule has 3 rings (SSSR count). The number of ether oxygens (including phenoxy) is 1. The smallest absolute Gasteiger partial charge is 0.242 e. The van der Waals surface area contributed by atoms with Gasteiger partial charge in [-0.15, -0.1) is 0 Å². The average Bonchev–Trinajstić information content (AvgIpc) is 2.85. The van der Waals surface area contributed by atoms with Crippen molar-refractivity contribution in [2.45, 2.75) is 52.6 Å². The zero-order valence-corrected chi connectivity index (χ0v) is 20.7. The molecule has 0 saturated carbocycles. The van der Waals surface area contributed by atoms with Gasteiger partial charge in [0.15, 0.2) is 0 Å². The Morgan fingerprint density at radius 3 is 2.47 bits per heavy atom. The van der Waals surface area contributed by atoms with E-state index in [9.17, 15) is 9.59 Å². The third-order valence-corrected chi connectivity index (χ3v) is 6.05. The van der Waals surface area contributed by atoms with Crippen molar-refractivity contribution in [2.75, 3.05) is 13.7 Å². The number of fused-ring (bicyclic) bond motifs is 1. The lowest BCUT2D eigenvalue weighted by Gasteiger charge is -2.31. The van der Waals surface area contributed by atoms with Gasteiger partial charge in [0.2, 0.25) is 11.8 Å². The van der Waals surface area contributed by atoms with Gasteiger partial charge < -0.3 is 15.0 Å². The Hall–Kier alpha value is -3.34. The Kier molecular flexibility index (Phi) is 9.08. The normalized spacial score (nSPS) is 11.9. The number of nitrogens with zero attached hydrogens (tertiary/aromatic N) is 1. The van der Waals surface area contributed by atoms with Crippen LogP contribution in [0, 0.1) is 5.92 Å². The summed E-state index contributed by atoms with van der Waals surface area (Å²) in [7, 11) is 1.63. The van der Waals surface area contributed by atoms with Gasteiger partial charge in [0.05, 0.1) is 7.11 Å². The van der Waals surface area contributed by atoms with Crippen molar-refractivity contribution in [3.8, 4) is 5.75 Å². The number of hydrogen-bond donors (Lipinski definition) is 1. The molecule has 0 aliphatic carbocycles. The quantitative estimate of drug-likeness (QED) is 0.419. The highest BCUT2D eigenvalue weighted by atomic mass is 16.5. The maximum atomic E-state index is 13.6. The molecule has 5 nitrogen and oxygen atoms in total. The van der Waals surface area contributed by atoms with Gasteiger partial charge in [-0.3, -0.25) is 9.59 Å². The van der Waals surface area contributed by atoms with Gasteiger partial charge in [0, 0.05) is 19.5 Å². The van der Waals surface area contributed by atoms with Crippen molar-refractivity contribution in [3.63, 3.8) is 0 Å². The highest BCUT2D eigenvalue weighted by Gasteiger charge is 2.28. The van der Waals surface area contributed by atoms with Crippen molar-refractivity contribution in [2.24, 2.45) is 5.92 Å². The summed E-state index contributed by atoms with van der Waals surface area (Å²) in [5.41, 5.74) is 2.08. The lowest BCUT2D eigenvalue weighted by Crippen LogP contribution is -2.49. The van der Waals surface area contributed by atoms with Crippen molar-refractivity contribution >= 4 is 22.6 Å². The third kappa shape index (κ3) is 6.60. The van der Waals surface area contributed by atoms with E-state index in [0.717, 1.165) is 16.9 Å². The van der Waals surface area contributed by atoms with E-state index in [0.29, 0.717) is 38.3 Å². The minimum Gasteiger partial charge on any atom is -0.497 e. The molecule has 2 amide bonds. The Bertz CT molecular complexity index is 1100. The zero-order chi connectivity index (χ0) is 24.5. The van der Waals surface area contributed by atoms with Crippen molar-refractivity contribution in [1.29, 1.82) is 0 Å². The molecule has 0 fully saturated rings. The standard InChI is InChI=1S/C29H36N2O3/c1-5-27(29(33)30-19-21(2)3)31(20-22-10-8-14-25(18-22)34-4)28(32)17-16-24-13-9-12-23-11-6-7-15-26(23)24/h6-15,18,21,27H,5,16-17,19-20H2,1-4H3,(H,30,33)/t27-/m1/s1. The van der Waals surface area contributed by atoms with Crippen molar-refractivity contribution in [1.82, 2.24) is 10.2 Å². The minimum absolute atomic E-state index is 0.0256. The van der Waals surface area contributed by atoms with Crippen molar-refractivity contribution in [3.05, 3.63) is 77.9 Å². The van der Waals surface area contributed by atoms with Gasteiger partial charge in [-0.05, 0) is 52.8 Å². The Morgan fingerprint density at radius 1 is 1.00 bits per heavy atom. The summed E-state index contributed by atoms with van der Waals surface area (Å²) in [5, 5.41) is 5.35. The molecule has 0 aliphatic rings. The van der Waals surface area contributed by atoms with Crippen LogP contribution in [0.2, 0.25) is 0 Å². The van der Waals surface area contributed by atoms with Gasteiger partial charge in [-0.2, -0.15) is 0 Å². The number of rotatable bonds is 11. The number of hydrogen-bond acceptors (Lipinski definition) is 3. The second-order valence-corrected chi connectivity index (χ2v) is 9.07. The van der Waals surface area contributed by atoms with Crippen LogP contribution in [0.3, 0.4) is 0 Å². The molecule has 0 radical (unpaired) electrons.